The zero-order valence-electron chi connectivity index (χ0n) is 12.8. The molecule has 0 aliphatic rings. The SMILES string of the molecule is CC(C(=O)NC(C#N)C(C)(C)C)n1cnc2ccccc21. The van der Waals surface area contributed by atoms with Crippen LogP contribution in [-0.2, 0) is 4.79 Å². The van der Waals surface area contributed by atoms with E-state index in [1.165, 1.54) is 0 Å². The molecule has 21 heavy (non-hydrogen) atoms. The van der Waals surface area contributed by atoms with E-state index in [9.17, 15) is 10.1 Å². The van der Waals surface area contributed by atoms with Crippen LogP contribution in [0.5, 0.6) is 0 Å². The van der Waals surface area contributed by atoms with Gasteiger partial charge in [-0.1, -0.05) is 32.9 Å². The van der Waals surface area contributed by atoms with Crippen LogP contribution in [0.25, 0.3) is 11.0 Å². The molecular formula is C16H20N4O. The van der Waals surface area contributed by atoms with Gasteiger partial charge in [0, 0.05) is 0 Å². The molecule has 0 saturated heterocycles. The molecule has 0 aliphatic heterocycles. The summed E-state index contributed by atoms with van der Waals surface area (Å²) in [6.45, 7) is 7.59. The van der Waals surface area contributed by atoms with E-state index in [4.69, 9.17) is 0 Å². The van der Waals surface area contributed by atoms with Gasteiger partial charge in [-0.25, -0.2) is 4.98 Å². The van der Waals surface area contributed by atoms with Gasteiger partial charge < -0.3 is 9.88 Å². The lowest BCUT2D eigenvalue weighted by Crippen LogP contribution is -2.45. The fourth-order valence-corrected chi connectivity index (χ4v) is 2.12. The number of carbonyl (C=O) groups excluding carboxylic acids is 1. The molecule has 2 rings (SSSR count). The number of benzene rings is 1. The largest absolute Gasteiger partial charge is 0.338 e. The molecule has 1 heterocycles. The van der Waals surface area contributed by atoms with Crippen LogP contribution in [0.3, 0.4) is 0 Å². The van der Waals surface area contributed by atoms with Crippen LogP contribution in [0.1, 0.15) is 33.7 Å². The minimum atomic E-state index is -0.526. The molecule has 0 spiro atoms. The van der Waals surface area contributed by atoms with Crippen molar-refractivity contribution in [1.82, 2.24) is 14.9 Å². The van der Waals surface area contributed by atoms with Crippen molar-refractivity contribution in [3.63, 3.8) is 0 Å². The van der Waals surface area contributed by atoms with E-state index in [-0.39, 0.29) is 11.3 Å². The molecule has 2 unspecified atom stereocenters. The monoisotopic (exact) mass is 284 g/mol. The van der Waals surface area contributed by atoms with E-state index in [2.05, 4.69) is 16.4 Å². The normalized spacial score (nSPS) is 14.4. The van der Waals surface area contributed by atoms with Gasteiger partial charge >= 0.3 is 0 Å². The molecule has 0 aliphatic carbocycles. The number of rotatable bonds is 3. The van der Waals surface area contributed by atoms with E-state index in [0.29, 0.717) is 0 Å². The molecule has 1 N–H and O–H groups in total. The van der Waals surface area contributed by atoms with Gasteiger partial charge in [-0.2, -0.15) is 5.26 Å². The maximum atomic E-state index is 12.4. The third-order valence-electron chi connectivity index (χ3n) is 3.56. The first kappa shape index (κ1) is 15.0. The molecule has 1 amide bonds. The molecule has 110 valence electrons. The number of hydrogen-bond acceptors (Lipinski definition) is 3. The number of nitrogens with zero attached hydrogens (tertiary/aromatic N) is 3. The summed E-state index contributed by atoms with van der Waals surface area (Å²) in [5.74, 6) is -0.181. The van der Waals surface area contributed by atoms with Crippen molar-refractivity contribution in [1.29, 1.82) is 5.26 Å². The average molecular weight is 284 g/mol. The van der Waals surface area contributed by atoms with Crippen LogP contribution in [0.4, 0.5) is 0 Å². The van der Waals surface area contributed by atoms with Crippen molar-refractivity contribution in [3.8, 4) is 6.07 Å². The van der Waals surface area contributed by atoms with E-state index < -0.39 is 12.1 Å². The van der Waals surface area contributed by atoms with E-state index >= 15 is 0 Å². The number of para-hydroxylation sites is 2. The maximum absolute atomic E-state index is 12.4. The first-order chi connectivity index (χ1) is 9.84. The highest BCUT2D eigenvalue weighted by Gasteiger charge is 2.28. The Morgan fingerprint density at radius 2 is 2.05 bits per heavy atom. The second-order valence-electron chi connectivity index (χ2n) is 6.25. The summed E-state index contributed by atoms with van der Waals surface area (Å²) in [4.78, 5) is 16.7. The second kappa shape index (κ2) is 5.57. The van der Waals surface area contributed by atoms with Gasteiger partial charge in [0.15, 0.2) is 0 Å². The lowest BCUT2D eigenvalue weighted by molar-refractivity contribution is -0.124. The van der Waals surface area contributed by atoms with Crippen LogP contribution in [0.2, 0.25) is 0 Å². The minimum absolute atomic E-state index is 0.181. The van der Waals surface area contributed by atoms with E-state index in [1.54, 1.807) is 13.3 Å². The van der Waals surface area contributed by atoms with Crippen molar-refractivity contribution in [3.05, 3.63) is 30.6 Å². The summed E-state index contributed by atoms with van der Waals surface area (Å²) >= 11 is 0. The fourth-order valence-electron chi connectivity index (χ4n) is 2.12. The number of hydrogen-bond donors (Lipinski definition) is 1. The Balaban J connectivity index is 2.22. The van der Waals surface area contributed by atoms with Gasteiger partial charge in [-0.15, -0.1) is 0 Å². The first-order valence-electron chi connectivity index (χ1n) is 6.96. The van der Waals surface area contributed by atoms with E-state index in [0.717, 1.165) is 11.0 Å². The van der Waals surface area contributed by atoms with Crippen molar-refractivity contribution in [2.24, 2.45) is 5.41 Å². The van der Waals surface area contributed by atoms with Gasteiger partial charge in [-0.3, -0.25) is 4.79 Å². The van der Waals surface area contributed by atoms with Crippen molar-refractivity contribution < 1.29 is 4.79 Å². The zero-order valence-corrected chi connectivity index (χ0v) is 12.8. The summed E-state index contributed by atoms with van der Waals surface area (Å²) in [6, 6.07) is 8.87. The van der Waals surface area contributed by atoms with Crippen LogP contribution in [0.15, 0.2) is 30.6 Å². The Kier molecular flexibility index (Phi) is 3.99. The smallest absolute Gasteiger partial charge is 0.243 e. The van der Waals surface area contributed by atoms with Crippen molar-refractivity contribution in [2.45, 2.75) is 39.8 Å². The Morgan fingerprint density at radius 3 is 2.67 bits per heavy atom. The number of carbonyl (C=O) groups is 1. The van der Waals surface area contributed by atoms with Crippen LogP contribution in [-0.4, -0.2) is 21.5 Å². The number of nitrogens with one attached hydrogen (secondary N) is 1. The molecule has 1 aromatic heterocycles. The maximum Gasteiger partial charge on any atom is 0.243 e. The molecular weight excluding hydrogens is 264 g/mol. The number of aromatic nitrogens is 2. The number of amides is 1. The van der Waals surface area contributed by atoms with Crippen LogP contribution >= 0.6 is 0 Å². The third-order valence-corrected chi connectivity index (χ3v) is 3.56. The highest BCUT2D eigenvalue weighted by Crippen LogP contribution is 2.21. The van der Waals surface area contributed by atoms with Crippen LogP contribution in [0, 0.1) is 16.7 Å². The molecule has 5 heteroatoms. The fraction of sp³-hybridized carbons (Fsp3) is 0.438. The number of nitriles is 1. The molecule has 2 atom stereocenters. The molecule has 5 nitrogen and oxygen atoms in total. The summed E-state index contributed by atoms with van der Waals surface area (Å²) in [5.41, 5.74) is 1.45. The molecule has 2 aromatic rings. The Bertz CT molecular complexity index is 690. The summed E-state index contributed by atoms with van der Waals surface area (Å²) < 4.78 is 1.82. The lowest BCUT2D eigenvalue weighted by Gasteiger charge is -2.27. The first-order valence-corrected chi connectivity index (χ1v) is 6.96. The second-order valence-corrected chi connectivity index (χ2v) is 6.25. The quantitative estimate of drug-likeness (QED) is 0.942. The number of fused-ring (bicyclic) bond motifs is 1. The van der Waals surface area contributed by atoms with Gasteiger partial charge in [0.1, 0.15) is 12.1 Å². The third kappa shape index (κ3) is 3.05. The van der Waals surface area contributed by atoms with E-state index in [1.807, 2.05) is 49.6 Å². The lowest BCUT2D eigenvalue weighted by atomic mass is 9.87. The van der Waals surface area contributed by atoms with Crippen LogP contribution < -0.4 is 5.32 Å². The van der Waals surface area contributed by atoms with Crippen molar-refractivity contribution >= 4 is 16.9 Å². The standard InChI is InChI=1S/C16H20N4O/c1-11(15(21)19-14(9-17)16(2,3)4)20-10-18-12-7-5-6-8-13(12)20/h5-8,10-11,14H,1-4H3,(H,19,21). The molecule has 1 aromatic carbocycles. The summed E-state index contributed by atoms with van der Waals surface area (Å²) in [7, 11) is 0. The molecule has 0 bridgehead atoms. The summed E-state index contributed by atoms with van der Waals surface area (Å²) in [5, 5.41) is 12.0. The Labute approximate surface area is 124 Å². The van der Waals surface area contributed by atoms with Gasteiger partial charge in [0.25, 0.3) is 0 Å². The van der Waals surface area contributed by atoms with Gasteiger partial charge in [-0.05, 0) is 24.5 Å². The zero-order chi connectivity index (χ0) is 15.6. The average Bonchev–Trinajstić information content (AvgIpc) is 2.86. The van der Waals surface area contributed by atoms with Crippen molar-refractivity contribution in [2.75, 3.05) is 0 Å². The molecule has 0 fully saturated rings. The minimum Gasteiger partial charge on any atom is -0.338 e. The highest BCUT2D eigenvalue weighted by molar-refractivity contribution is 5.84. The molecule has 0 radical (unpaired) electrons. The number of imidazole rings is 1. The topological polar surface area (TPSA) is 70.7 Å². The summed E-state index contributed by atoms with van der Waals surface area (Å²) in [6.07, 6.45) is 1.66. The predicted molar refractivity (Wildman–Crippen MR) is 81.4 cm³/mol. The predicted octanol–water partition coefficient (Wildman–Crippen LogP) is 2.65. The van der Waals surface area contributed by atoms with Gasteiger partial charge in [0.2, 0.25) is 5.91 Å². The van der Waals surface area contributed by atoms with Gasteiger partial charge in [0.05, 0.1) is 23.4 Å². The Morgan fingerprint density at radius 1 is 1.38 bits per heavy atom. The molecule has 0 saturated carbocycles. The highest BCUT2D eigenvalue weighted by atomic mass is 16.2. The Hall–Kier alpha value is -2.35.